The summed E-state index contributed by atoms with van der Waals surface area (Å²) < 4.78 is 5.11. The number of rotatable bonds is 5. The van der Waals surface area contributed by atoms with Crippen molar-refractivity contribution in [3.8, 4) is 5.75 Å². The van der Waals surface area contributed by atoms with Crippen LogP contribution in [0.4, 0.5) is 4.79 Å². The molecule has 0 aliphatic rings. The van der Waals surface area contributed by atoms with E-state index in [9.17, 15) is 9.90 Å². The van der Waals surface area contributed by atoms with Crippen LogP contribution in [0.5, 0.6) is 5.75 Å². The Morgan fingerprint density at radius 2 is 2.05 bits per heavy atom. The quantitative estimate of drug-likeness (QED) is 0.720. The summed E-state index contributed by atoms with van der Waals surface area (Å²) in [6.45, 7) is 5.70. The number of alkyl carbamates (subject to hydrolysis) is 1. The Morgan fingerprint density at radius 1 is 1.40 bits per heavy atom. The van der Waals surface area contributed by atoms with Crippen LogP contribution >= 0.6 is 0 Å². The minimum atomic E-state index is -0.536. The Labute approximate surface area is 118 Å². The largest absolute Gasteiger partial charge is 0.508 e. The minimum Gasteiger partial charge on any atom is -0.508 e. The highest BCUT2D eigenvalue weighted by atomic mass is 16.6. The van der Waals surface area contributed by atoms with E-state index in [4.69, 9.17) is 15.5 Å². The number of aromatic hydroxyl groups is 1. The molecule has 1 atom stereocenters. The van der Waals surface area contributed by atoms with Gasteiger partial charge < -0.3 is 15.2 Å². The molecule has 0 aliphatic carbocycles. The van der Waals surface area contributed by atoms with Crippen LogP contribution < -0.4 is 11.2 Å². The fourth-order valence-electron chi connectivity index (χ4n) is 1.68. The molecule has 0 heterocycles. The van der Waals surface area contributed by atoms with Crippen molar-refractivity contribution < 1.29 is 19.5 Å². The Morgan fingerprint density at radius 3 is 2.60 bits per heavy atom. The number of hydrogen-bond acceptors (Lipinski definition) is 5. The third kappa shape index (κ3) is 5.46. The lowest BCUT2D eigenvalue weighted by Gasteiger charge is -2.20. The Kier molecular flexibility index (Phi) is 5.79. The summed E-state index contributed by atoms with van der Waals surface area (Å²) in [6.07, 6.45) is -0.565. The van der Waals surface area contributed by atoms with Gasteiger partial charge in [-0.25, -0.2) is 10.7 Å². The van der Waals surface area contributed by atoms with Gasteiger partial charge in [0, 0.05) is 12.1 Å². The SMILES string of the molecule is CC(C)(C)OC(=O)NCCC(ON)c1ccccc1O. The normalized spacial score (nSPS) is 12.8. The van der Waals surface area contributed by atoms with Gasteiger partial charge in [-0.3, -0.25) is 4.84 Å². The maximum atomic E-state index is 11.5. The maximum absolute atomic E-state index is 11.5. The Hall–Kier alpha value is -1.79. The molecule has 4 N–H and O–H groups in total. The molecule has 0 saturated heterocycles. The number of amides is 1. The molecular weight excluding hydrogens is 260 g/mol. The smallest absolute Gasteiger partial charge is 0.407 e. The molecule has 0 aliphatic heterocycles. The number of ether oxygens (including phenoxy) is 1. The standard InChI is InChI=1S/C14H22N2O4/c1-14(2,3)19-13(18)16-9-8-12(20-15)10-6-4-5-7-11(10)17/h4-7,12,17H,8-9,15H2,1-3H3,(H,16,18). The Bertz CT molecular complexity index is 443. The van der Waals surface area contributed by atoms with Gasteiger partial charge in [-0.05, 0) is 33.3 Å². The number of phenolic OH excluding ortho intramolecular Hbond substituents is 1. The monoisotopic (exact) mass is 282 g/mol. The van der Waals surface area contributed by atoms with Crippen molar-refractivity contribution in [1.82, 2.24) is 5.32 Å². The van der Waals surface area contributed by atoms with E-state index >= 15 is 0 Å². The number of para-hydroxylation sites is 1. The van der Waals surface area contributed by atoms with Crippen molar-refractivity contribution in [2.45, 2.75) is 38.9 Å². The van der Waals surface area contributed by atoms with Crippen LogP contribution in [0.1, 0.15) is 38.9 Å². The fourth-order valence-corrected chi connectivity index (χ4v) is 1.68. The molecule has 1 aromatic carbocycles. The number of carbonyl (C=O) groups excluding carboxylic acids is 1. The minimum absolute atomic E-state index is 0.111. The van der Waals surface area contributed by atoms with Gasteiger partial charge in [-0.1, -0.05) is 18.2 Å². The zero-order chi connectivity index (χ0) is 15.2. The lowest BCUT2D eigenvalue weighted by atomic mass is 10.1. The van der Waals surface area contributed by atoms with Crippen LogP contribution in [-0.2, 0) is 9.57 Å². The molecule has 1 aromatic rings. The third-order valence-electron chi connectivity index (χ3n) is 2.52. The van der Waals surface area contributed by atoms with E-state index in [0.29, 0.717) is 18.5 Å². The van der Waals surface area contributed by atoms with Crippen molar-refractivity contribution in [1.29, 1.82) is 0 Å². The van der Waals surface area contributed by atoms with Gasteiger partial charge in [0.2, 0.25) is 0 Å². The van der Waals surface area contributed by atoms with Crippen LogP contribution in [-0.4, -0.2) is 23.3 Å². The van der Waals surface area contributed by atoms with Crippen LogP contribution in [0.25, 0.3) is 0 Å². The first-order chi connectivity index (χ1) is 9.33. The van der Waals surface area contributed by atoms with E-state index in [1.54, 1.807) is 45.0 Å². The molecule has 1 unspecified atom stereocenters. The van der Waals surface area contributed by atoms with Gasteiger partial charge in [0.1, 0.15) is 17.5 Å². The summed E-state index contributed by atoms with van der Waals surface area (Å²) >= 11 is 0. The second-order valence-corrected chi connectivity index (χ2v) is 5.40. The molecule has 0 radical (unpaired) electrons. The second-order valence-electron chi connectivity index (χ2n) is 5.40. The number of nitrogens with two attached hydrogens (primary N) is 1. The van der Waals surface area contributed by atoms with Gasteiger partial charge in [0.15, 0.2) is 0 Å². The third-order valence-corrected chi connectivity index (χ3v) is 2.52. The van der Waals surface area contributed by atoms with E-state index < -0.39 is 17.8 Å². The van der Waals surface area contributed by atoms with Gasteiger partial charge in [-0.2, -0.15) is 0 Å². The highest BCUT2D eigenvalue weighted by Crippen LogP contribution is 2.27. The molecule has 0 fully saturated rings. The molecule has 0 saturated carbocycles. The average molecular weight is 282 g/mol. The first-order valence-electron chi connectivity index (χ1n) is 6.44. The molecule has 0 spiro atoms. The summed E-state index contributed by atoms with van der Waals surface area (Å²) in [6, 6.07) is 6.77. The lowest BCUT2D eigenvalue weighted by molar-refractivity contribution is 0.0388. The van der Waals surface area contributed by atoms with Gasteiger partial charge in [0.05, 0.1) is 0 Å². The number of phenols is 1. The predicted octanol–water partition coefficient (Wildman–Crippen LogP) is 2.24. The highest BCUT2D eigenvalue weighted by molar-refractivity contribution is 5.67. The lowest BCUT2D eigenvalue weighted by Crippen LogP contribution is -2.33. The molecular formula is C14H22N2O4. The molecule has 112 valence electrons. The van der Waals surface area contributed by atoms with Crippen LogP contribution in [0.3, 0.4) is 0 Å². The van der Waals surface area contributed by atoms with Crippen LogP contribution in [0.15, 0.2) is 24.3 Å². The first kappa shape index (κ1) is 16.3. The molecule has 0 aromatic heterocycles. The van der Waals surface area contributed by atoms with E-state index in [1.165, 1.54) is 0 Å². The molecule has 1 rings (SSSR count). The first-order valence-corrected chi connectivity index (χ1v) is 6.44. The molecule has 6 nitrogen and oxygen atoms in total. The van der Waals surface area contributed by atoms with Gasteiger partial charge in [0.25, 0.3) is 0 Å². The van der Waals surface area contributed by atoms with E-state index in [0.717, 1.165) is 0 Å². The van der Waals surface area contributed by atoms with E-state index in [1.807, 2.05) is 0 Å². The average Bonchev–Trinajstić information content (AvgIpc) is 2.34. The van der Waals surface area contributed by atoms with Crippen molar-refractivity contribution >= 4 is 6.09 Å². The number of benzene rings is 1. The summed E-state index contributed by atoms with van der Waals surface area (Å²) in [5.41, 5.74) is 0.0481. The van der Waals surface area contributed by atoms with Crippen molar-refractivity contribution in [2.24, 2.45) is 5.90 Å². The highest BCUT2D eigenvalue weighted by Gasteiger charge is 2.18. The zero-order valence-corrected chi connectivity index (χ0v) is 12.1. The Balaban J connectivity index is 2.47. The summed E-state index contributed by atoms with van der Waals surface area (Å²) in [7, 11) is 0. The predicted molar refractivity (Wildman–Crippen MR) is 75.0 cm³/mol. The van der Waals surface area contributed by atoms with E-state index in [-0.39, 0.29) is 5.75 Å². The summed E-state index contributed by atoms with van der Waals surface area (Å²) in [5, 5.41) is 12.3. The molecule has 20 heavy (non-hydrogen) atoms. The molecule has 0 bridgehead atoms. The van der Waals surface area contributed by atoms with Crippen LogP contribution in [0, 0.1) is 0 Å². The maximum Gasteiger partial charge on any atom is 0.407 e. The van der Waals surface area contributed by atoms with Crippen molar-refractivity contribution in [3.05, 3.63) is 29.8 Å². The van der Waals surface area contributed by atoms with Gasteiger partial charge >= 0.3 is 6.09 Å². The van der Waals surface area contributed by atoms with Crippen molar-refractivity contribution in [2.75, 3.05) is 6.54 Å². The summed E-state index contributed by atoms with van der Waals surface area (Å²) in [5.74, 6) is 5.35. The number of hydrogen-bond donors (Lipinski definition) is 3. The van der Waals surface area contributed by atoms with Crippen LogP contribution in [0.2, 0.25) is 0 Å². The number of carbonyl (C=O) groups is 1. The fraction of sp³-hybridized carbons (Fsp3) is 0.500. The topological polar surface area (TPSA) is 93.8 Å². The number of nitrogens with one attached hydrogen (secondary N) is 1. The van der Waals surface area contributed by atoms with Gasteiger partial charge in [-0.15, -0.1) is 0 Å². The van der Waals surface area contributed by atoms with Crippen molar-refractivity contribution in [3.63, 3.8) is 0 Å². The second kappa shape index (κ2) is 7.12. The zero-order valence-electron chi connectivity index (χ0n) is 12.1. The molecule has 6 heteroatoms. The summed E-state index contributed by atoms with van der Waals surface area (Å²) in [4.78, 5) is 16.3. The van der Waals surface area contributed by atoms with E-state index in [2.05, 4.69) is 5.32 Å². The molecule has 1 amide bonds.